The summed E-state index contributed by atoms with van der Waals surface area (Å²) in [4.78, 5) is 22.1. The van der Waals surface area contributed by atoms with E-state index in [9.17, 15) is 4.79 Å². The Bertz CT molecular complexity index is 957. The Hall–Kier alpha value is -3.13. The summed E-state index contributed by atoms with van der Waals surface area (Å²) < 4.78 is 7.57. The summed E-state index contributed by atoms with van der Waals surface area (Å²) in [7, 11) is 5.98. The van der Waals surface area contributed by atoms with Crippen LogP contribution in [0.15, 0.2) is 48.4 Å². The normalized spacial score (nSPS) is 16.0. The van der Waals surface area contributed by atoms with Gasteiger partial charge < -0.3 is 19.9 Å². The lowest BCUT2D eigenvalue weighted by molar-refractivity contribution is 0.102. The topological polar surface area (TPSA) is 75.5 Å². The van der Waals surface area contributed by atoms with Crippen molar-refractivity contribution >= 4 is 17.5 Å². The average molecular weight is 425 g/mol. The van der Waals surface area contributed by atoms with Gasteiger partial charge in [-0.3, -0.25) is 9.48 Å². The Morgan fingerprint density at radius 1 is 1.29 bits per heavy atom. The van der Waals surface area contributed by atoms with Gasteiger partial charge in [0.2, 0.25) is 5.88 Å². The quantitative estimate of drug-likeness (QED) is 0.542. The molecule has 3 heterocycles. The van der Waals surface area contributed by atoms with Gasteiger partial charge in [-0.2, -0.15) is 10.1 Å². The Balaban J connectivity index is 1.88. The van der Waals surface area contributed by atoms with Crippen LogP contribution in [0.25, 0.3) is 0 Å². The molecule has 1 aliphatic rings. The summed E-state index contributed by atoms with van der Waals surface area (Å²) in [6, 6.07) is 5.60. The number of nitrogens with zero attached hydrogens (tertiary/aromatic N) is 5. The van der Waals surface area contributed by atoms with Crippen LogP contribution in [-0.2, 0) is 7.05 Å². The SMILES string of the molecule is CC=CC=C(C)Oc1cc(C(=O)Nc2ccn(C)n2)cc(N(C)C2CCN(C)CC2)n1. The minimum atomic E-state index is -0.251. The van der Waals surface area contributed by atoms with Crippen molar-refractivity contribution in [1.82, 2.24) is 19.7 Å². The molecule has 0 aromatic carbocycles. The van der Waals surface area contributed by atoms with Gasteiger partial charge >= 0.3 is 0 Å². The Kier molecular flexibility index (Phi) is 7.46. The fraction of sp³-hybridized carbons (Fsp3) is 0.435. The zero-order chi connectivity index (χ0) is 22.4. The van der Waals surface area contributed by atoms with Crippen LogP contribution in [0.5, 0.6) is 5.88 Å². The molecule has 2 aromatic rings. The summed E-state index contributed by atoms with van der Waals surface area (Å²) in [5.41, 5.74) is 0.476. The van der Waals surface area contributed by atoms with Crippen LogP contribution in [0.1, 0.15) is 37.0 Å². The number of aromatic nitrogens is 3. The highest BCUT2D eigenvalue weighted by Crippen LogP contribution is 2.25. The predicted molar refractivity (Wildman–Crippen MR) is 124 cm³/mol. The number of nitrogens with one attached hydrogen (secondary N) is 1. The second-order valence-corrected chi connectivity index (χ2v) is 7.93. The van der Waals surface area contributed by atoms with Crippen molar-refractivity contribution in [2.45, 2.75) is 32.7 Å². The number of hydrogen-bond acceptors (Lipinski definition) is 6. The molecule has 2 aromatic heterocycles. The predicted octanol–water partition coefficient (Wildman–Crippen LogP) is 3.46. The molecule has 1 N–H and O–H groups in total. The number of allylic oxidation sites excluding steroid dienone is 4. The van der Waals surface area contributed by atoms with Gasteiger partial charge in [-0.1, -0.05) is 12.2 Å². The summed E-state index contributed by atoms with van der Waals surface area (Å²) in [6.45, 7) is 5.90. The standard InChI is InChI=1S/C23H32N6O2/c1-6-7-8-17(2)31-22-16-18(23(30)24-20-11-14-28(4)26-20)15-21(25-22)29(5)19-9-12-27(3)13-10-19/h6-8,11,14-16,19H,9-10,12-13H2,1-5H3,(H,24,26,30). The Morgan fingerprint density at radius 2 is 2.03 bits per heavy atom. The smallest absolute Gasteiger partial charge is 0.257 e. The van der Waals surface area contributed by atoms with Gasteiger partial charge in [0.1, 0.15) is 11.6 Å². The Morgan fingerprint density at radius 3 is 2.68 bits per heavy atom. The van der Waals surface area contributed by atoms with Gasteiger partial charge in [0, 0.05) is 44.0 Å². The number of carbonyl (C=O) groups is 1. The van der Waals surface area contributed by atoms with Crippen molar-refractivity contribution in [1.29, 1.82) is 0 Å². The first-order chi connectivity index (χ1) is 14.9. The van der Waals surface area contributed by atoms with Crippen LogP contribution >= 0.6 is 0 Å². The monoisotopic (exact) mass is 424 g/mol. The number of anilines is 2. The largest absolute Gasteiger partial charge is 0.444 e. The third kappa shape index (κ3) is 6.18. The fourth-order valence-corrected chi connectivity index (χ4v) is 3.53. The molecule has 1 fully saturated rings. The number of rotatable bonds is 7. The maximum absolute atomic E-state index is 12.9. The van der Waals surface area contributed by atoms with E-state index in [0.29, 0.717) is 29.1 Å². The van der Waals surface area contributed by atoms with Crippen molar-refractivity contribution in [3.63, 3.8) is 0 Å². The first kappa shape index (κ1) is 22.6. The molecular formula is C23H32N6O2. The molecule has 0 bridgehead atoms. The molecule has 3 rings (SSSR count). The lowest BCUT2D eigenvalue weighted by Gasteiger charge is -2.35. The maximum atomic E-state index is 12.9. The summed E-state index contributed by atoms with van der Waals surface area (Å²) in [5, 5.41) is 7.07. The highest BCUT2D eigenvalue weighted by Gasteiger charge is 2.23. The number of amides is 1. The number of pyridine rings is 1. The van der Waals surface area contributed by atoms with E-state index >= 15 is 0 Å². The van der Waals surface area contributed by atoms with Crippen LogP contribution in [-0.4, -0.2) is 58.8 Å². The van der Waals surface area contributed by atoms with E-state index in [0.717, 1.165) is 31.7 Å². The second kappa shape index (κ2) is 10.3. The number of carbonyl (C=O) groups excluding carboxylic acids is 1. The van der Waals surface area contributed by atoms with E-state index < -0.39 is 0 Å². The van der Waals surface area contributed by atoms with Gasteiger partial charge in [-0.15, -0.1) is 0 Å². The number of ether oxygens (including phenoxy) is 1. The van der Waals surface area contributed by atoms with Crippen molar-refractivity contribution in [3.05, 3.63) is 53.9 Å². The van der Waals surface area contributed by atoms with Crippen LogP contribution < -0.4 is 15.0 Å². The number of aryl methyl sites for hydroxylation is 1. The minimum Gasteiger partial charge on any atom is -0.444 e. The molecule has 8 heteroatoms. The first-order valence-corrected chi connectivity index (χ1v) is 10.6. The third-order valence-corrected chi connectivity index (χ3v) is 5.39. The van der Waals surface area contributed by atoms with Crippen LogP contribution in [0.3, 0.4) is 0 Å². The molecule has 0 saturated carbocycles. The highest BCUT2D eigenvalue weighted by molar-refractivity contribution is 6.04. The Labute approximate surface area is 184 Å². The number of piperidine rings is 1. The summed E-state index contributed by atoms with van der Waals surface area (Å²) in [6.07, 6.45) is 9.58. The zero-order valence-corrected chi connectivity index (χ0v) is 19.0. The van der Waals surface area contributed by atoms with Gasteiger partial charge in [-0.05, 0) is 59.0 Å². The molecule has 0 aliphatic carbocycles. The van der Waals surface area contributed by atoms with Crippen LogP contribution in [0.4, 0.5) is 11.6 Å². The van der Waals surface area contributed by atoms with Crippen molar-refractivity contribution in [3.8, 4) is 5.88 Å². The molecule has 31 heavy (non-hydrogen) atoms. The lowest BCUT2D eigenvalue weighted by Crippen LogP contribution is -2.42. The molecule has 0 spiro atoms. The molecule has 0 radical (unpaired) electrons. The van der Waals surface area contributed by atoms with Crippen molar-refractivity contribution < 1.29 is 9.53 Å². The lowest BCUT2D eigenvalue weighted by atomic mass is 10.0. The van der Waals surface area contributed by atoms with Gasteiger partial charge in [0.25, 0.3) is 5.91 Å². The van der Waals surface area contributed by atoms with E-state index in [1.807, 2.05) is 52.2 Å². The van der Waals surface area contributed by atoms with E-state index in [4.69, 9.17) is 9.72 Å². The van der Waals surface area contributed by atoms with E-state index in [2.05, 4.69) is 27.3 Å². The summed E-state index contributed by atoms with van der Waals surface area (Å²) >= 11 is 0. The molecule has 8 nitrogen and oxygen atoms in total. The average Bonchev–Trinajstić information content (AvgIpc) is 3.16. The zero-order valence-electron chi connectivity index (χ0n) is 19.0. The molecule has 1 saturated heterocycles. The highest BCUT2D eigenvalue weighted by atomic mass is 16.5. The van der Waals surface area contributed by atoms with Crippen LogP contribution in [0, 0.1) is 0 Å². The first-order valence-electron chi connectivity index (χ1n) is 10.6. The van der Waals surface area contributed by atoms with Gasteiger partial charge in [-0.25, -0.2) is 0 Å². The van der Waals surface area contributed by atoms with Crippen molar-refractivity contribution in [2.75, 3.05) is 37.4 Å². The third-order valence-electron chi connectivity index (χ3n) is 5.39. The molecular weight excluding hydrogens is 392 g/mol. The van der Waals surface area contributed by atoms with E-state index in [1.54, 1.807) is 23.0 Å². The van der Waals surface area contributed by atoms with E-state index in [-0.39, 0.29) is 5.91 Å². The second-order valence-electron chi connectivity index (χ2n) is 7.93. The minimum absolute atomic E-state index is 0.251. The number of likely N-dealkylation sites (tertiary alicyclic amines) is 1. The maximum Gasteiger partial charge on any atom is 0.257 e. The molecule has 1 aliphatic heterocycles. The number of hydrogen-bond donors (Lipinski definition) is 1. The van der Waals surface area contributed by atoms with Gasteiger partial charge in [0.15, 0.2) is 5.82 Å². The summed E-state index contributed by atoms with van der Waals surface area (Å²) in [5.74, 6) is 2.06. The fourth-order valence-electron chi connectivity index (χ4n) is 3.53. The van der Waals surface area contributed by atoms with Crippen LogP contribution in [0.2, 0.25) is 0 Å². The van der Waals surface area contributed by atoms with Crippen molar-refractivity contribution in [2.24, 2.45) is 7.05 Å². The molecule has 1 amide bonds. The van der Waals surface area contributed by atoms with Gasteiger partial charge in [0.05, 0.1) is 0 Å². The molecule has 166 valence electrons. The molecule has 0 atom stereocenters. The van der Waals surface area contributed by atoms with E-state index in [1.165, 1.54) is 0 Å². The molecule has 0 unspecified atom stereocenters.